The fourth-order valence-corrected chi connectivity index (χ4v) is 4.46. The fourth-order valence-electron chi connectivity index (χ4n) is 2.86. The molecule has 0 aliphatic heterocycles. The van der Waals surface area contributed by atoms with Crippen molar-refractivity contribution >= 4 is 33.4 Å². The minimum Gasteiger partial charge on any atom is -0.335 e. The highest BCUT2D eigenvalue weighted by atomic mass is 32.2. The summed E-state index contributed by atoms with van der Waals surface area (Å²) in [6.45, 7) is 4.22. The quantitative estimate of drug-likeness (QED) is 0.380. The van der Waals surface area contributed by atoms with Crippen LogP contribution in [0.2, 0.25) is 0 Å². The van der Waals surface area contributed by atoms with Gasteiger partial charge in [0.25, 0.3) is 0 Å². The number of sulfonamides is 1. The first-order valence-electron chi connectivity index (χ1n) is 9.85. The van der Waals surface area contributed by atoms with Gasteiger partial charge in [0.05, 0.1) is 10.6 Å². The van der Waals surface area contributed by atoms with Gasteiger partial charge in [0, 0.05) is 25.3 Å². The van der Waals surface area contributed by atoms with Crippen molar-refractivity contribution in [2.75, 3.05) is 31.0 Å². The van der Waals surface area contributed by atoms with Gasteiger partial charge in [-0.1, -0.05) is 49.9 Å². The molecule has 0 bridgehead atoms. The van der Waals surface area contributed by atoms with E-state index >= 15 is 0 Å². The summed E-state index contributed by atoms with van der Waals surface area (Å²) in [5.74, 6) is 6.73. The number of nitrogens with two attached hydrogens (primary N) is 1. The SMILES string of the molecule is CC(C)c1ccc(NC(=O)CSc2nnc(-c3cccc(S(=O)(=O)N(C)C)c3)n2N)cc1. The zero-order valence-corrected chi connectivity index (χ0v) is 19.9. The van der Waals surface area contributed by atoms with Gasteiger partial charge >= 0.3 is 0 Å². The van der Waals surface area contributed by atoms with Crippen molar-refractivity contribution in [3.63, 3.8) is 0 Å². The summed E-state index contributed by atoms with van der Waals surface area (Å²) in [7, 11) is -0.667. The molecule has 1 aromatic heterocycles. The Kier molecular flexibility index (Phi) is 7.22. The third-order valence-corrected chi connectivity index (χ3v) is 7.48. The van der Waals surface area contributed by atoms with Gasteiger partial charge in [-0.2, -0.15) is 0 Å². The predicted molar refractivity (Wildman–Crippen MR) is 126 cm³/mol. The van der Waals surface area contributed by atoms with Crippen LogP contribution in [-0.2, 0) is 14.8 Å². The second kappa shape index (κ2) is 9.72. The minimum absolute atomic E-state index is 0.0936. The fraction of sp³-hybridized carbons (Fsp3) is 0.286. The van der Waals surface area contributed by atoms with Crippen LogP contribution in [0.4, 0.5) is 5.69 Å². The molecular formula is C21H26N6O3S2. The number of nitrogens with one attached hydrogen (secondary N) is 1. The Balaban J connectivity index is 1.68. The second-order valence-electron chi connectivity index (χ2n) is 7.61. The Morgan fingerprint density at radius 1 is 1.16 bits per heavy atom. The van der Waals surface area contributed by atoms with Gasteiger partial charge in [-0.25, -0.2) is 17.4 Å². The van der Waals surface area contributed by atoms with Crippen LogP contribution in [0.1, 0.15) is 25.3 Å². The summed E-state index contributed by atoms with van der Waals surface area (Å²) in [4.78, 5) is 12.4. The summed E-state index contributed by atoms with van der Waals surface area (Å²) in [6, 6.07) is 14.0. The molecule has 1 heterocycles. The largest absolute Gasteiger partial charge is 0.335 e. The molecule has 0 unspecified atom stereocenters. The third-order valence-electron chi connectivity index (χ3n) is 4.73. The molecular weight excluding hydrogens is 448 g/mol. The van der Waals surface area contributed by atoms with Gasteiger partial charge in [-0.05, 0) is 35.7 Å². The molecule has 0 atom stereocenters. The Hall–Kier alpha value is -2.89. The minimum atomic E-state index is -3.60. The molecule has 0 spiro atoms. The number of hydrogen-bond donors (Lipinski definition) is 2. The number of anilines is 1. The van der Waals surface area contributed by atoms with E-state index in [2.05, 4.69) is 29.4 Å². The average molecular weight is 475 g/mol. The monoisotopic (exact) mass is 474 g/mol. The molecule has 9 nitrogen and oxygen atoms in total. The zero-order chi connectivity index (χ0) is 23.5. The Morgan fingerprint density at radius 2 is 1.84 bits per heavy atom. The topological polar surface area (TPSA) is 123 Å². The summed E-state index contributed by atoms with van der Waals surface area (Å²) >= 11 is 1.14. The molecule has 0 aliphatic carbocycles. The maximum absolute atomic E-state index is 12.4. The van der Waals surface area contributed by atoms with Crippen LogP contribution in [0.3, 0.4) is 0 Å². The first-order chi connectivity index (χ1) is 15.1. The number of carbonyl (C=O) groups is 1. The van der Waals surface area contributed by atoms with Crippen molar-refractivity contribution in [3.05, 3.63) is 54.1 Å². The highest BCUT2D eigenvalue weighted by Crippen LogP contribution is 2.25. The molecule has 3 N–H and O–H groups in total. The van der Waals surface area contributed by atoms with E-state index in [9.17, 15) is 13.2 Å². The van der Waals surface area contributed by atoms with E-state index in [0.29, 0.717) is 28.1 Å². The van der Waals surface area contributed by atoms with Crippen LogP contribution in [-0.4, -0.2) is 53.4 Å². The molecule has 3 aromatic rings. The number of aromatic nitrogens is 3. The first kappa shape index (κ1) is 23.8. The molecule has 0 saturated carbocycles. The maximum atomic E-state index is 12.4. The first-order valence-corrected chi connectivity index (χ1v) is 12.3. The van der Waals surface area contributed by atoms with E-state index in [-0.39, 0.29) is 16.6 Å². The van der Waals surface area contributed by atoms with E-state index < -0.39 is 10.0 Å². The van der Waals surface area contributed by atoms with Gasteiger partial charge in [-0.15, -0.1) is 10.2 Å². The highest BCUT2D eigenvalue weighted by Gasteiger charge is 2.20. The number of amides is 1. The Labute approximate surface area is 192 Å². The normalized spacial score (nSPS) is 11.8. The van der Waals surface area contributed by atoms with Crippen LogP contribution in [0.25, 0.3) is 11.4 Å². The lowest BCUT2D eigenvalue weighted by molar-refractivity contribution is -0.113. The van der Waals surface area contributed by atoms with Crippen molar-refractivity contribution in [2.45, 2.75) is 29.8 Å². The van der Waals surface area contributed by atoms with Crippen molar-refractivity contribution in [3.8, 4) is 11.4 Å². The Bertz CT molecular complexity index is 1200. The molecule has 1 amide bonds. The van der Waals surface area contributed by atoms with Crippen LogP contribution < -0.4 is 11.2 Å². The van der Waals surface area contributed by atoms with Crippen LogP contribution in [0.5, 0.6) is 0 Å². The number of nitrogen functional groups attached to an aromatic ring is 1. The smallest absolute Gasteiger partial charge is 0.242 e. The molecule has 3 rings (SSSR count). The van der Waals surface area contributed by atoms with Crippen molar-refractivity contribution in [1.29, 1.82) is 0 Å². The summed E-state index contributed by atoms with van der Waals surface area (Å²) in [5, 5.41) is 11.3. The molecule has 0 radical (unpaired) electrons. The van der Waals surface area contributed by atoms with Gasteiger partial charge < -0.3 is 11.2 Å². The molecule has 0 saturated heterocycles. The van der Waals surface area contributed by atoms with Gasteiger partial charge in [0.2, 0.25) is 21.1 Å². The number of nitrogens with zero attached hydrogens (tertiary/aromatic N) is 4. The van der Waals surface area contributed by atoms with Gasteiger partial charge in [-0.3, -0.25) is 4.79 Å². The highest BCUT2D eigenvalue weighted by molar-refractivity contribution is 7.99. The van der Waals surface area contributed by atoms with Gasteiger partial charge in [0.1, 0.15) is 0 Å². The van der Waals surface area contributed by atoms with E-state index in [4.69, 9.17) is 5.84 Å². The summed E-state index contributed by atoms with van der Waals surface area (Å²) in [5.41, 5.74) is 2.42. The number of rotatable bonds is 8. The second-order valence-corrected chi connectivity index (χ2v) is 10.7. The van der Waals surface area contributed by atoms with Crippen LogP contribution >= 0.6 is 11.8 Å². The Morgan fingerprint density at radius 3 is 2.47 bits per heavy atom. The zero-order valence-electron chi connectivity index (χ0n) is 18.3. The molecule has 32 heavy (non-hydrogen) atoms. The van der Waals surface area contributed by atoms with Gasteiger partial charge in [0.15, 0.2) is 5.82 Å². The predicted octanol–water partition coefficient (Wildman–Crippen LogP) is 2.76. The average Bonchev–Trinajstić information content (AvgIpc) is 3.13. The van der Waals surface area contributed by atoms with Crippen molar-refractivity contribution in [1.82, 2.24) is 19.2 Å². The maximum Gasteiger partial charge on any atom is 0.242 e. The lowest BCUT2D eigenvalue weighted by atomic mass is 10.0. The standard InChI is InChI=1S/C21H26N6O3S2/c1-14(2)15-8-10-17(11-9-15)23-19(28)13-31-21-25-24-20(27(21)22)16-6-5-7-18(12-16)32(29,30)26(3)4/h5-12,14H,13,22H2,1-4H3,(H,23,28). The number of hydrogen-bond acceptors (Lipinski definition) is 7. The van der Waals surface area contributed by atoms with E-state index in [0.717, 1.165) is 16.1 Å². The molecule has 0 aliphatic rings. The molecule has 0 fully saturated rings. The lowest BCUT2D eigenvalue weighted by Gasteiger charge is -2.12. The summed E-state index contributed by atoms with van der Waals surface area (Å²) in [6.07, 6.45) is 0. The number of benzene rings is 2. The van der Waals surface area contributed by atoms with Crippen molar-refractivity contribution < 1.29 is 13.2 Å². The molecule has 2 aromatic carbocycles. The number of thioether (sulfide) groups is 1. The summed E-state index contributed by atoms with van der Waals surface area (Å²) < 4.78 is 27.2. The lowest BCUT2D eigenvalue weighted by Crippen LogP contribution is -2.22. The van der Waals surface area contributed by atoms with E-state index in [1.165, 1.54) is 36.5 Å². The van der Waals surface area contributed by atoms with E-state index in [1.807, 2.05) is 24.3 Å². The van der Waals surface area contributed by atoms with Crippen LogP contribution in [0.15, 0.2) is 58.6 Å². The molecule has 11 heteroatoms. The molecule has 170 valence electrons. The third kappa shape index (κ3) is 5.29. The van der Waals surface area contributed by atoms with E-state index in [1.54, 1.807) is 12.1 Å². The number of carbonyl (C=O) groups excluding carboxylic acids is 1. The van der Waals surface area contributed by atoms with Crippen LogP contribution in [0, 0.1) is 0 Å². The van der Waals surface area contributed by atoms with Crippen molar-refractivity contribution in [2.24, 2.45) is 0 Å².